The normalized spacial score (nSPS) is 18.9. The second kappa shape index (κ2) is 3.58. The van der Waals surface area contributed by atoms with Crippen LogP contribution in [0.1, 0.15) is 6.92 Å². The first-order valence-corrected chi connectivity index (χ1v) is 3.06. The summed E-state index contributed by atoms with van der Waals surface area (Å²) in [6, 6.07) is 0. The number of rotatable bonds is 2. The average Bonchev–Trinajstić information content (AvgIpc) is 1.65. The van der Waals surface area contributed by atoms with Gasteiger partial charge in [-0.3, -0.25) is 0 Å². The molecule has 0 bridgehead atoms. The predicted octanol–water partition coefficient (Wildman–Crippen LogP) is 0.904. The van der Waals surface area contributed by atoms with Crippen LogP contribution in [0.15, 0.2) is 0 Å². The van der Waals surface area contributed by atoms with E-state index in [-0.39, 0.29) is 17.2 Å². The Morgan fingerprint density at radius 2 is 2.29 bits per heavy atom. The van der Waals surface area contributed by atoms with E-state index < -0.39 is 0 Å². The summed E-state index contributed by atoms with van der Waals surface area (Å²) < 4.78 is 0. The van der Waals surface area contributed by atoms with Crippen LogP contribution in [0.5, 0.6) is 0 Å². The Labute approximate surface area is 54.1 Å². The number of thiol groups is 1. The van der Waals surface area contributed by atoms with Gasteiger partial charge in [-0.05, 0) is 6.92 Å². The van der Waals surface area contributed by atoms with Gasteiger partial charge in [0.1, 0.15) is 0 Å². The minimum Gasteiger partial charge on any atom is -0.395 e. The molecule has 0 aliphatic carbocycles. The molecule has 0 aromatic rings. The first kappa shape index (κ1) is 7.60. The number of alkyl halides is 1. The summed E-state index contributed by atoms with van der Waals surface area (Å²) >= 11 is 9.43. The van der Waals surface area contributed by atoms with E-state index in [4.69, 9.17) is 16.7 Å². The van der Waals surface area contributed by atoms with Gasteiger partial charge in [0.2, 0.25) is 0 Å². The standard InChI is InChI=1S/C4H9ClOS/c1-3(5)4(7)2-6/h3-4,6-7H,2H2,1H3. The summed E-state index contributed by atoms with van der Waals surface area (Å²) in [5, 5.41) is 8.21. The average molecular weight is 141 g/mol. The predicted molar refractivity (Wildman–Crippen MR) is 35.2 cm³/mol. The maximum atomic E-state index is 8.34. The van der Waals surface area contributed by atoms with Gasteiger partial charge in [0.15, 0.2) is 0 Å². The quantitative estimate of drug-likeness (QED) is 0.432. The SMILES string of the molecule is CC(Cl)C(S)CO. The minimum absolute atomic E-state index is 0.0478. The van der Waals surface area contributed by atoms with Crippen LogP contribution in [0.2, 0.25) is 0 Å². The monoisotopic (exact) mass is 140 g/mol. The van der Waals surface area contributed by atoms with E-state index >= 15 is 0 Å². The molecule has 0 spiro atoms. The van der Waals surface area contributed by atoms with Gasteiger partial charge in [0.05, 0.1) is 6.61 Å². The van der Waals surface area contributed by atoms with Crippen molar-refractivity contribution in [2.45, 2.75) is 17.6 Å². The molecule has 2 atom stereocenters. The molecule has 0 saturated heterocycles. The van der Waals surface area contributed by atoms with Crippen molar-refractivity contribution >= 4 is 24.2 Å². The lowest BCUT2D eigenvalue weighted by atomic mass is 10.3. The van der Waals surface area contributed by atoms with Crippen molar-refractivity contribution in [3.05, 3.63) is 0 Å². The summed E-state index contributed by atoms with van der Waals surface area (Å²) in [6.07, 6.45) is 0. The van der Waals surface area contributed by atoms with Crippen molar-refractivity contribution in [3.63, 3.8) is 0 Å². The highest BCUT2D eigenvalue weighted by atomic mass is 35.5. The lowest BCUT2D eigenvalue weighted by molar-refractivity contribution is 0.294. The molecular weight excluding hydrogens is 132 g/mol. The number of halogens is 1. The van der Waals surface area contributed by atoms with Crippen molar-refractivity contribution in [2.75, 3.05) is 6.61 Å². The van der Waals surface area contributed by atoms with Crippen LogP contribution in [0.4, 0.5) is 0 Å². The molecule has 0 aromatic heterocycles. The molecule has 2 unspecified atom stereocenters. The molecule has 1 N–H and O–H groups in total. The molecule has 0 aliphatic rings. The first-order valence-electron chi connectivity index (χ1n) is 2.11. The van der Waals surface area contributed by atoms with Crippen LogP contribution in [0.25, 0.3) is 0 Å². The zero-order valence-electron chi connectivity index (χ0n) is 4.13. The summed E-state index contributed by atoms with van der Waals surface area (Å²) in [6.45, 7) is 1.85. The van der Waals surface area contributed by atoms with Gasteiger partial charge in [-0.15, -0.1) is 11.6 Å². The van der Waals surface area contributed by atoms with Gasteiger partial charge in [0, 0.05) is 10.6 Å². The molecule has 0 radical (unpaired) electrons. The van der Waals surface area contributed by atoms with E-state index in [1.54, 1.807) is 6.92 Å². The molecule has 1 nitrogen and oxygen atoms in total. The van der Waals surface area contributed by atoms with E-state index in [0.717, 1.165) is 0 Å². The minimum atomic E-state index is -0.0818. The molecule has 0 amide bonds. The van der Waals surface area contributed by atoms with E-state index in [0.29, 0.717) is 0 Å². The summed E-state index contributed by atoms with van der Waals surface area (Å²) in [7, 11) is 0. The summed E-state index contributed by atoms with van der Waals surface area (Å²) in [4.78, 5) is 0. The van der Waals surface area contributed by atoms with Crippen LogP contribution >= 0.6 is 24.2 Å². The maximum absolute atomic E-state index is 8.34. The Bertz CT molecular complexity index is 49.0. The number of aliphatic hydroxyl groups excluding tert-OH is 1. The van der Waals surface area contributed by atoms with Gasteiger partial charge in [-0.25, -0.2) is 0 Å². The smallest absolute Gasteiger partial charge is 0.0561 e. The zero-order valence-corrected chi connectivity index (χ0v) is 5.78. The third-order valence-electron chi connectivity index (χ3n) is 0.717. The highest BCUT2D eigenvalue weighted by molar-refractivity contribution is 7.81. The Kier molecular flexibility index (Phi) is 3.89. The largest absolute Gasteiger partial charge is 0.395 e. The Hall–Kier alpha value is 0.600. The van der Waals surface area contributed by atoms with E-state index in [9.17, 15) is 0 Å². The summed E-state index contributed by atoms with van der Waals surface area (Å²) in [5.74, 6) is 0. The fraction of sp³-hybridized carbons (Fsp3) is 1.00. The molecule has 3 heteroatoms. The molecule has 0 saturated carbocycles. The number of hydrogen-bond donors (Lipinski definition) is 2. The first-order chi connectivity index (χ1) is 3.18. The fourth-order valence-corrected chi connectivity index (χ4v) is 0.225. The number of hydrogen-bond acceptors (Lipinski definition) is 2. The third-order valence-corrected chi connectivity index (χ3v) is 1.81. The van der Waals surface area contributed by atoms with Gasteiger partial charge < -0.3 is 5.11 Å². The van der Waals surface area contributed by atoms with Gasteiger partial charge in [0.25, 0.3) is 0 Å². The Morgan fingerprint density at radius 1 is 1.86 bits per heavy atom. The second-order valence-corrected chi connectivity index (χ2v) is 2.78. The second-order valence-electron chi connectivity index (χ2n) is 1.43. The molecule has 0 aliphatic heterocycles. The van der Waals surface area contributed by atoms with Crippen LogP contribution in [-0.2, 0) is 0 Å². The Balaban J connectivity index is 3.14. The van der Waals surface area contributed by atoms with Gasteiger partial charge in [-0.2, -0.15) is 12.6 Å². The van der Waals surface area contributed by atoms with Gasteiger partial charge in [-0.1, -0.05) is 0 Å². The van der Waals surface area contributed by atoms with Crippen LogP contribution in [0.3, 0.4) is 0 Å². The molecule has 7 heavy (non-hydrogen) atoms. The molecule has 44 valence electrons. The van der Waals surface area contributed by atoms with E-state index in [2.05, 4.69) is 12.6 Å². The maximum Gasteiger partial charge on any atom is 0.0561 e. The van der Waals surface area contributed by atoms with Crippen LogP contribution in [0, 0.1) is 0 Å². The third kappa shape index (κ3) is 3.21. The molecular formula is C4H9ClOS. The van der Waals surface area contributed by atoms with E-state index in [1.807, 2.05) is 0 Å². The molecule has 0 heterocycles. The van der Waals surface area contributed by atoms with Crippen LogP contribution < -0.4 is 0 Å². The fourth-order valence-electron chi connectivity index (χ4n) is 0.145. The lowest BCUT2D eigenvalue weighted by Gasteiger charge is -2.06. The van der Waals surface area contributed by atoms with E-state index in [1.165, 1.54) is 0 Å². The van der Waals surface area contributed by atoms with Crippen molar-refractivity contribution in [1.29, 1.82) is 0 Å². The van der Waals surface area contributed by atoms with Gasteiger partial charge >= 0.3 is 0 Å². The Morgan fingerprint density at radius 3 is 2.29 bits per heavy atom. The zero-order chi connectivity index (χ0) is 5.86. The van der Waals surface area contributed by atoms with Crippen LogP contribution in [-0.4, -0.2) is 22.3 Å². The number of aliphatic hydroxyl groups is 1. The van der Waals surface area contributed by atoms with Crippen molar-refractivity contribution in [3.8, 4) is 0 Å². The lowest BCUT2D eigenvalue weighted by Crippen LogP contribution is -2.14. The van der Waals surface area contributed by atoms with Crippen molar-refractivity contribution < 1.29 is 5.11 Å². The van der Waals surface area contributed by atoms with Crippen molar-refractivity contribution in [2.24, 2.45) is 0 Å². The molecule has 0 rings (SSSR count). The van der Waals surface area contributed by atoms with Crippen molar-refractivity contribution in [1.82, 2.24) is 0 Å². The highest BCUT2D eigenvalue weighted by Gasteiger charge is 2.06. The summed E-state index contributed by atoms with van der Waals surface area (Å²) in [5.41, 5.74) is 0. The molecule has 0 fully saturated rings. The molecule has 0 aromatic carbocycles. The highest BCUT2D eigenvalue weighted by Crippen LogP contribution is 2.06. The topological polar surface area (TPSA) is 20.2 Å².